The molecule has 0 aromatic rings. The number of rotatable bonds is 4. The van der Waals surface area contributed by atoms with Gasteiger partial charge in [-0.1, -0.05) is 0 Å². The number of halogens is 3. The van der Waals surface area contributed by atoms with Crippen LogP contribution < -0.4 is 0 Å². The number of aliphatic carboxylic acids is 1. The Morgan fingerprint density at radius 1 is 1.40 bits per heavy atom. The molecule has 1 unspecified atom stereocenters. The predicted molar refractivity (Wildman–Crippen MR) is 59.1 cm³/mol. The molecule has 7 nitrogen and oxygen atoms in total. The van der Waals surface area contributed by atoms with Gasteiger partial charge in [-0.2, -0.15) is 13.2 Å². The third-order valence-corrected chi connectivity index (χ3v) is 2.62. The molecule has 0 aliphatic carbocycles. The van der Waals surface area contributed by atoms with Crippen LogP contribution in [0.2, 0.25) is 0 Å². The van der Waals surface area contributed by atoms with Gasteiger partial charge < -0.3 is 24.7 Å². The molecule has 1 heterocycles. The number of morpholine rings is 1. The Labute approximate surface area is 112 Å². The molecular weight excluding hydrogens is 285 g/mol. The summed E-state index contributed by atoms with van der Waals surface area (Å²) in [4.78, 5) is 24.1. The van der Waals surface area contributed by atoms with E-state index >= 15 is 0 Å². The lowest BCUT2D eigenvalue weighted by Crippen LogP contribution is -2.54. The highest BCUT2D eigenvalue weighted by atomic mass is 19.4. The number of carboxylic acid groups (broad SMARTS) is 1. The van der Waals surface area contributed by atoms with Crippen molar-refractivity contribution in [3.63, 3.8) is 0 Å². The summed E-state index contributed by atoms with van der Waals surface area (Å²) < 4.78 is 41.9. The van der Waals surface area contributed by atoms with Crippen molar-refractivity contribution in [1.82, 2.24) is 9.80 Å². The number of carbonyl (C=O) groups is 2. The summed E-state index contributed by atoms with van der Waals surface area (Å²) in [6.07, 6.45) is -5.85. The maximum atomic E-state index is 12.3. The van der Waals surface area contributed by atoms with Crippen LogP contribution >= 0.6 is 0 Å². The first kappa shape index (κ1) is 16.5. The fourth-order valence-corrected chi connectivity index (χ4v) is 1.75. The van der Waals surface area contributed by atoms with E-state index in [1.54, 1.807) is 0 Å². The predicted octanol–water partition coefficient (Wildman–Crippen LogP) is -0.252. The number of alkyl halides is 3. The molecule has 1 saturated heterocycles. The second-order valence-electron chi connectivity index (χ2n) is 4.19. The Bertz CT molecular complexity index is 363. The fourth-order valence-electron chi connectivity index (χ4n) is 1.75. The van der Waals surface area contributed by atoms with Gasteiger partial charge in [0.2, 0.25) is 0 Å². The summed E-state index contributed by atoms with van der Waals surface area (Å²) in [5.74, 6) is -1.29. The van der Waals surface area contributed by atoms with Crippen molar-refractivity contribution in [3.8, 4) is 0 Å². The lowest BCUT2D eigenvalue weighted by molar-refractivity contribution is -0.156. The van der Waals surface area contributed by atoms with Crippen LogP contribution in [0.4, 0.5) is 18.0 Å². The van der Waals surface area contributed by atoms with E-state index in [9.17, 15) is 22.8 Å². The monoisotopic (exact) mass is 300 g/mol. The molecule has 0 radical (unpaired) electrons. The van der Waals surface area contributed by atoms with Crippen LogP contribution in [0.25, 0.3) is 0 Å². The van der Waals surface area contributed by atoms with Crippen molar-refractivity contribution in [1.29, 1.82) is 0 Å². The first-order valence-electron chi connectivity index (χ1n) is 5.80. The lowest BCUT2D eigenvalue weighted by atomic mass is 10.3. The summed E-state index contributed by atoms with van der Waals surface area (Å²) in [5, 5.41) is 17.5. The van der Waals surface area contributed by atoms with Crippen LogP contribution in [-0.2, 0) is 9.53 Å². The third-order valence-electron chi connectivity index (χ3n) is 2.62. The van der Waals surface area contributed by atoms with Crippen molar-refractivity contribution >= 4 is 12.0 Å². The zero-order valence-electron chi connectivity index (χ0n) is 10.5. The highest BCUT2D eigenvalue weighted by molar-refractivity contribution is 5.77. The number of amides is 2. The Balaban J connectivity index is 2.70. The van der Waals surface area contributed by atoms with E-state index in [4.69, 9.17) is 14.9 Å². The molecule has 0 spiro atoms. The number of hydrogen-bond donors (Lipinski definition) is 2. The largest absolute Gasteiger partial charge is 0.479 e. The molecule has 0 aromatic heterocycles. The van der Waals surface area contributed by atoms with Crippen LogP contribution in [0.5, 0.6) is 0 Å². The average molecular weight is 300 g/mol. The van der Waals surface area contributed by atoms with E-state index < -0.39 is 44.0 Å². The first-order valence-corrected chi connectivity index (χ1v) is 5.80. The van der Waals surface area contributed by atoms with Gasteiger partial charge in [0, 0.05) is 13.1 Å². The number of ether oxygens (including phenoxy) is 1. The quantitative estimate of drug-likeness (QED) is 0.747. The van der Waals surface area contributed by atoms with Gasteiger partial charge in [0.1, 0.15) is 6.54 Å². The molecule has 1 fully saturated rings. The second kappa shape index (κ2) is 6.75. The zero-order chi connectivity index (χ0) is 15.3. The van der Waals surface area contributed by atoms with Crippen molar-refractivity contribution in [3.05, 3.63) is 0 Å². The summed E-state index contributed by atoms with van der Waals surface area (Å²) in [6, 6.07) is -0.967. The SMILES string of the molecule is O=C(O)C1CN(C(=O)N(CCO)CC(F)(F)F)CCO1. The number of aliphatic hydroxyl groups excluding tert-OH is 1. The zero-order valence-corrected chi connectivity index (χ0v) is 10.5. The number of hydrogen-bond acceptors (Lipinski definition) is 4. The summed E-state index contributed by atoms with van der Waals surface area (Å²) in [6.45, 7) is -2.98. The minimum atomic E-state index is -4.59. The summed E-state index contributed by atoms with van der Waals surface area (Å²) >= 11 is 0. The molecule has 10 heteroatoms. The van der Waals surface area contributed by atoms with Crippen LogP contribution in [0, 0.1) is 0 Å². The van der Waals surface area contributed by atoms with Crippen molar-refractivity contribution in [2.24, 2.45) is 0 Å². The van der Waals surface area contributed by atoms with Gasteiger partial charge in [0.05, 0.1) is 19.8 Å². The molecule has 2 amide bonds. The van der Waals surface area contributed by atoms with Crippen LogP contribution in [-0.4, -0.2) is 83.7 Å². The van der Waals surface area contributed by atoms with E-state index in [0.29, 0.717) is 4.90 Å². The average Bonchev–Trinajstić information content (AvgIpc) is 2.36. The van der Waals surface area contributed by atoms with Gasteiger partial charge >= 0.3 is 18.2 Å². The van der Waals surface area contributed by atoms with Crippen molar-refractivity contribution in [2.45, 2.75) is 12.3 Å². The van der Waals surface area contributed by atoms with Crippen molar-refractivity contribution < 1.29 is 37.7 Å². The molecule has 0 saturated carbocycles. The molecule has 116 valence electrons. The Morgan fingerprint density at radius 2 is 2.05 bits per heavy atom. The minimum absolute atomic E-state index is 0.00238. The van der Waals surface area contributed by atoms with E-state index in [1.165, 1.54) is 0 Å². The van der Waals surface area contributed by atoms with Crippen LogP contribution in [0.15, 0.2) is 0 Å². The van der Waals surface area contributed by atoms with Gasteiger partial charge in [-0.15, -0.1) is 0 Å². The van der Waals surface area contributed by atoms with Gasteiger partial charge in [0.25, 0.3) is 0 Å². The molecule has 20 heavy (non-hydrogen) atoms. The smallest absolute Gasteiger partial charge is 0.406 e. The highest BCUT2D eigenvalue weighted by Gasteiger charge is 2.36. The lowest BCUT2D eigenvalue weighted by Gasteiger charge is -2.35. The van der Waals surface area contributed by atoms with E-state index in [-0.39, 0.29) is 19.7 Å². The number of carbonyl (C=O) groups excluding carboxylic acids is 1. The summed E-state index contributed by atoms with van der Waals surface area (Å²) in [7, 11) is 0. The van der Waals surface area contributed by atoms with Crippen molar-refractivity contribution in [2.75, 3.05) is 39.4 Å². The standard InChI is InChI=1S/C10H15F3N2O5/c11-10(12,13)6-15(1-3-16)9(19)14-2-4-20-7(5-14)8(17)18/h7,16H,1-6H2,(H,17,18). The van der Waals surface area contributed by atoms with E-state index in [2.05, 4.69) is 0 Å². The second-order valence-corrected chi connectivity index (χ2v) is 4.19. The van der Waals surface area contributed by atoms with Crippen LogP contribution in [0.1, 0.15) is 0 Å². The molecule has 2 N–H and O–H groups in total. The Morgan fingerprint density at radius 3 is 2.55 bits per heavy atom. The number of carboxylic acids is 1. The molecule has 1 aliphatic rings. The number of urea groups is 1. The third kappa shape index (κ3) is 4.85. The number of nitrogens with zero attached hydrogens (tertiary/aromatic N) is 2. The summed E-state index contributed by atoms with van der Waals surface area (Å²) in [5.41, 5.74) is 0. The normalized spacial score (nSPS) is 19.8. The maximum absolute atomic E-state index is 12.3. The first-order chi connectivity index (χ1) is 9.24. The Hall–Kier alpha value is -1.55. The van der Waals surface area contributed by atoms with E-state index in [1.807, 2.05) is 0 Å². The molecule has 1 rings (SSSR count). The van der Waals surface area contributed by atoms with Gasteiger partial charge in [0.15, 0.2) is 6.10 Å². The minimum Gasteiger partial charge on any atom is -0.479 e. The topological polar surface area (TPSA) is 90.3 Å². The molecule has 1 atom stereocenters. The van der Waals surface area contributed by atoms with Gasteiger partial charge in [-0.3, -0.25) is 0 Å². The fraction of sp³-hybridized carbons (Fsp3) is 0.800. The van der Waals surface area contributed by atoms with Gasteiger partial charge in [-0.25, -0.2) is 9.59 Å². The van der Waals surface area contributed by atoms with Gasteiger partial charge in [-0.05, 0) is 0 Å². The molecule has 0 aromatic carbocycles. The maximum Gasteiger partial charge on any atom is 0.406 e. The van der Waals surface area contributed by atoms with E-state index in [0.717, 1.165) is 4.90 Å². The van der Waals surface area contributed by atoms with Crippen LogP contribution in [0.3, 0.4) is 0 Å². The molecular formula is C10H15F3N2O5. The highest BCUT2D eigenvalue weighted by Crippen LogP contribution is 2.18. The molecule has 0 bridgehead atoms. The Kier molecular flexibility index (Phi) is 5.57. The molecule has 1 aliphatic heterocycles. The number of aliphatic hydroxyl groups is 1.